The SMILES string of the molecule is Cc1nc(CCN)sc1C(=O)N(C)CC(C)c1nccs1. The van der Waals surface area contributed by atoms with Gasteiger partial charge in [0.1, 0.15) is 4.88 Å². The molecule has 0 aliphatic rings. The molecular weight excluding hydrogens is 304 g/mol. The Hall–Kier alpha value is -1.31. The van der Waals surface area contributed by atoms with Gasteiger partial charge < -0.3 is 10.6 Å². The average molecular weight is 324 g/mol. The third kappa shape index (κ3) is 3.87. The number of thiazole rings is 2. The molecule has 7 heteroatoms. The number of nitrogens with zero attached hydrogens (tertiary/aromatic N) is 3. The molecule has 0 aliphatic heterocycles. The van der Waals surface area contributed by atoms with Crippen molar-refractivity contribution < 1.29 is 4.79 Å². The maximum Gasteiger partial charge on any atom is 0.265 e. The van der Waals surface area contributed by atoms with Gasteiger partial charge in [-0.3, -0.25) is 4.79 Å². The third-order valence-corrected chi connectivity index (χ3v) is 5.37. The first-order valence-electron chi connectivity index (χ1n) is 6.84. The molecular formula is C14H20N4OS2. The van der Waals surface area contributed by atoms with Crippen LogP contribution in [-0.2, 0) is 6.42 Å². The number of hydrogen-bond donors (Lipinski definition) is 1. The molecule has 0 saturated carbocycles. The Bertz CT molecular complexity index is 594. The fourth-order valence-electron chi connectivity index (χ4n) is 2.10. The zero-order valence-electron chi connectivity index (χ0n) is 12.5. The summed E-state index contributed by atoms with van der Waals surface area (Å²) in [4.78, 5) is 23.7. The normalized spacial score (nSPS) is 12.4. The fraction of sp³-hybridized carbons (Fsp3) is 0.500. The molecule has 0 spiro atoms. The van der Waals surface area contributed by atoms with Gasteiger partial charge in [-0.15, -0.1) is 22.7 Å². The number of nitrogens with two attached hydrogens (primary N) is 1. The molecule has 1 amide bonds. The molecule has 114 valence electrons. The highest BCUT2D eigenvalue weighted by Crippen LogP contribution is 2.23. The van der Waals surface area contributed by atoms with Crippen LogP contribution in [0.1, 0.15) is 38.2 Å². The molecule has 0 aliphatic carbocycles. The molecule has 2 aromatic rings. The van der Waals surface area contributed by atoms with Gasteiger partial charge in [-0.2, -0.15) is 0 Å². The van der Waals surface area contributed by atoms with Crippen molar-refractivity contribution in [2.75, 3.05) is 20.1 Å². The Morgan fingerprint density at radius 1 is 1.52 bits per heavy atom. The number of aryl methyl sites for hydroxylation is 1. The number of rotatable bonds is 6. The van der Waals surface area contributed by atoms with E-state index in [1.54, 1.807) is 22.4 Å². The van der Waals surface area contributed by atoms with Crippen LogP contribution in [0.15, 0.2) is 11.6 Å². The van der Waals surface area contributed by atoms with Crippen LogP contribution in [0.2, 0.25) is 0 Å². The second kappa shape index (κ2) is 7.11. The Balaban J connectivity index is 2.05. The maximum atomic E-state index is 12.5. The van der Waals surface area contributed by atoms with E-state index in [9.17, 15) is 4.79 Å². The van der Waals surface area contributed by atoms with Crippen LogP contribution in [0.25, 0.3) is 0 Å². The van der Waals surface area contributed by atoms with Crippen molar-refractivity contribution in [3.8, 4) is 0 Å². The molecule has 2 aromatic heterocycles. The van der Waals surface area contributed by atoms with Crippen molar-refractivity contribution in [3.05, 3.63) is 32.2 Å². The molecule has 5 nitrogen and oxygen atoms in total. The zero-order valence-corrected chi connectivity index (χ0v) is 14.1. The summed E-state index contributed by atoms with van der Waals surface area (Å²) in [6, 6.07) is 0. The molecule has 0 aromatic carbocycles. The van der Waals surface area contributed by atoms with Crippen molar-refractivity contribution in [2.24, 2.45) is 5.73 Å². The molecule has 2 N–H and O–H groups in total. The van der Waals surface area contributed by atoms with E-state index in [0.29, 0.717) is 18.0 Å². The minimum absolute atomic E-state index is 0.0247. The summed E-state index contributed by atoms with van der Waals surface area (Å²) in [5.41, 5.74) is 6.34. The van der Waals surface area contributed by atoms with E-state index in [1.807, 2.05) is 19.4 Å². The molecule has 0 fully saturated rings. The van der Waals surface area contributed by atoms with Crippen LogP contribution in [0.5, 0.6) is 0 Å². The molecule has 0 saturated heterocycles. The third-order valence-electron chi connectivity index (χ3n) is 3.16. The highest BCUT2D eigenvalue weighted by Gasteiger charge is 2.21. The number of carbonyl (C=O) groups excluding carboxylic acids is 1. The zero-order chi connectivity index (χ0) is 15.4. The highest BCUT2D eigenvalue weighted by atomic mass is 32.1. The summed E-state index contributed by atoms with van der Waals surface area (Å²) in [7, 11) is 1.83. The van der Waals surface area contributed by atoms with E-state index in [-0.39, 0.29) is 11.8 Å². The fourth-order valence-corrected chi connectivity index (χ4v) is 3.87. The van der Waals surface area contributed by atoms with E-state index in [1.165, 1.54) is 11.3 Å². The molecule has 2 rings (SSSR count). The van der Waals surface area contributed by atoms with E-state index in [0.717, 1.165) is 22.1 Å². The van der Waals surface area contributed by atoms with Gasteiger partial charge in [-0.05, 0) is 13.5 Å². The summed E-state index contributed by atoms with van der Waals surface area (Å²) < 4.78 is 0. The van der Waals surface area contributed by atoms with Crippen LogP contribution in [0.3, 0.4) is 0 Å². The van der Waals surface area contributed by atoms with E-state index < -0.39 is 0 Å². The van der Waals surface area contributed by atoms with Crippen molar-refractivity contribution in [3.63, 3.8) is 0 Å². The van der Waals surface area contributed by atoms with Crippen LogP contribution < -0.4 is 5.73 Å². The molecule has 0 radical (unpaired) electrons. The van der Waals surface area contributed by atoms with Crippen molar-refractivity contribution in [1.29, 1.82) is 0 Å². The summed E-state index contributed by atoms with van der Waals surface area (Å²) in [5.74, 6) is 0.257. The molecule has 21 heavy (non-hydrogen) atoms. The lowest BCUT2D eigenvalue weighted by atomic mass is 10.2. The number of likely N-dealkylation sites (N-methyl/N-ethyl adjacent to an activating group) is 1. The lowest BCUT2D eigenvalue weighted by Crippen LogP contribution is -2.30. The van der Waals surface area contributed by atoms with Crippen LogP contribution >= 0.6 is 22.7 Å². The standard InChI is InChI=1S/C14H20N4OS2/c1-9(13-16-6-7-20-13)8-18(3)14(19)12-10(2)17-11(21-12)4-5-15/h6-7,9H,4-5,8,15H2,1-3H3. The van der Waals surface area contributed by atoms with Gasteiger partial charge in [0.15, 0.2) is 0 Å². The summed E-state index contributed by atoms with van der Waals surface area (Å²) in [6.45, 7) is 5.16. The van der Waals surface area contributed by atoms with Gasteiger partial charge >= 0.3 is 0 Å². The topological polar surface area (TPSA) is 72.1 Å². The van der Waals surface area contributed by atoms with E-state index in [4.69, 9.17) is 5.73 Å². The summed E-state index contributed by atoms with van der Waals surface area (Å²) >= 11 is 3.07. The predicted octanol–water partition coefficient (Wildman–Crippen LogP) is 2.28. The maximum absolute atomic E-state index is 12.5. The quantitative estimate of drug-likeness (QED) is 0.885. The van der Waals surface area contributed by atoms with Crippen molar-refractivity contribution >= 4 is 28.6 Å². The largest absolute Gasteiger partial charge is 0.340 e. The lowest BCUT2D eigenvalue weighted by molar-refractivity contribution is 0.0792. The van der Waals surface area contributed by atoms with Crippen LogP contribution in [-0.4, -0.2) is 40.9 Å². The minimum atomic E-state index is 0.0247. The van der Waals surface area contributed by atoms with Gasteiger partial charge in [-0.25, -0.2) is 9.97 Å². The van der Waals surface area contributed by atoms with Gasteiger partial charge in [0.2, 0.25) is 0 Å². The van der Waals surface area contributed by atoms with E-state index >= 15 is 0 Å². The Morgan fingerprint density at radius 2 is 2.29 bits per heavy atom. The summed E-state index contributed by atoms with van der Waals surface area (Å²) in [6.07, 6.45) is 2.52. The number of hydrogen-bond acceptors (Lipinski definition) is 6. The Morgan fingerprint density at radius 3 is 2.90 bits per heavy atom. The molecule has 1 atom stereocenters. The highest BCUT2D eigenvalue weighted by molar-refractivity contribution is 7.13. The second-order valence-corrected chi connectivity index (χ2v) is 7.03. The van der Waals surface area contributed by atoms with Crippen molar-refractivity contribution in [1.82, 2.24) is 14.9 Å². The minimum Gasteiger partial charge on any atom is -0.340 e. The van der Waals surface area contributed by atoms with Gasteiger partial charge in [0, 0.05) is 37.5 Å². The second-order valence-electron chi connectivity index (χ2n) is 5.02. The Labute approximate surface area is 132 Å². The molecule has 2 heterocycles. The van der Waals surface area contributed by atoms with Gasteiger partial charge in [-0.1, -0.05) is 6.92 Å². The molecule has 0 bridgehead atoms. The number of carbonyl (C=O) groups is 1. The number of amides is 1. The average Bonchev–Trinajstić information content (AvgIpc) is 3.08. The van der Waals surface area contributed by atoms with Gasteiger partial charge in [0.05, 0.1) is 15.7 Å². The predicted molar refractivity (Wildman–Crippen MR) is 87.1 cm³/mol. The smallest absolute Gasteiger partial charge is 0.265 e. The Kier molecular flexibility index (Phi) is 5.44. The van der Waals surface area contributed by atoms with Crippen molar-refractivity contribution in [2.45, 2.75) is 26.2 Å². The monoisotopic (exact) mass is 324 g/mol. The number of aromatic nitrogens is 2. The van der Waals surface area contributed by atoms with Gasteiger partial charge in [0.25, 0.3) is 5.91 Å². The van der Waals surface area contributed by atoms with E-state index in [2.05, 4.69) is 16.9 Å². The first-order chi connectivity index (χ1) is 10.0. The summed E-state index contributed by atoms with van der Waals surface area (Å²) in [5, 5.41) is 3.94. The van der Waals surface area contributed by atoms with Crippen LogP contribution in [0.4, 0.5) is 0 Å². The van der Waals surface area contributed by atoms with Crippen LogP contribution in [0, 0.1) is 6.92 Å². The molecule has 1 unspecified atom stereocenters. The first kappa shape index (κ1) is 16.1. The first-order valence-corrected chi connectivity index (χ1v) is 8.53. The lowest BCUT2D eigenvalue weighted by Gasteiger charge is -2.20.